The number of rotatable bonds is 4. The van der Waals surface area contributed by atoms with Gasteiger partial charge in [-0.15, -0.1) is 0 Å². The fourth-order valence-electron chi connectivity index (χ4n) is 2.25. The topological polar surface area (TPSA) is 35.0 Å². The number of ether oxygens (including phenoxy) is 1. The Bertz CT molecular complexity index is 709. The first-order valence-corrected chi connectivity index (χ1v) is 6.84. The minimum absolute atomic E-state index is 0.758. The molecule has 0 spiro atoms. The Morgan fingerprint density at radius 3 is 2.33 bits per heavy atom. The molecule has 1 aromatic heterocycles. The van der Waals surface area contributed by atoms with E-state index < -0.39 is 0 Å². The molecule has 0 saturated carbocycles. The van der Waals surface area contributed by atoms with Gasteiger partial charge in [-0.05, 0) is 41.8 Å². The van der Waals surface area contributed by atoms with Crippen LogP contribution in [0.4, 0.5) is 0 Å². The van der Waals surface area contributed by atoms with E-state index in [1.807, 2.05) is 30.3 Å². The molecule has 0 aliphatic heterocycles. The first-order valence-electron chi connectivity index (χ1n) is 6.84. The van der Waals surface area contributed by atoms with Crippen molar-refractivity contribution in [1.29, 1.82) is 0 Å². The lowest BCUT2D eigenvalue weighted by Crippen LogP contribution is -1.91. The average Bonchev–Trinajstić information content (AvgIpc) is 2.57. The second-order valence-corrected chi connectivity index (χ2v) is 4.80. The van der Waals surface area contributed by atoms with E-state index in [2.05, 4.69) is 34.2 Å². The third kappa shape index (κ3) is 3.26. The minimum atomic E-state index is 0.758. The monoisotopic (exact) mass is 276 g/mol. The number of aromatic nitrogens is 2. The van der Waals surface area contributed by atoms with Crippen molar-refractivity contribution in [1.82, 2.24) is 9.97 Å². The molecule has 1 heterocycles. The fourth-order valence-corrected chi connectivity index (χ4v) is 2.25. The number of hydrogen-bond donors (Lipinski definition) is 0. The molecule has 3 nitrogen and oxygen atoms in total. The standard InChI is InChI=1S/C18H16N2O/c1-21-17-8-6-14(7-9-17)12-15-4-2-5-16(13-15)18-19-10-3-11-20-18/h2-11,13H,12H2,1H3. The fraction of sp³-hybridized carbons (Fsp3) is 0.111. The van der Waals surface area contributed by atoms with Crippen molar-refractivity contribution in [2.24, 2.45) is 0 Å². The van der Waals surface area contributed by atoms with Crippen molar-refractivity contribution in [2.75, 3.05) is 7.11 Å². The van der Waals surface area contributed by atoms with Crippen LogP contribution in [0, 0.1) is 0 Å². The summed E-state index contributed by atoms with van der Waals surface area (Å²) in [6.07, 6.45) is 4.40. The lowest BCUT2D eigenvalue weighted by molar-refractivity contribution is 0.414. The van der Waals surface area contributed by atoms with E-state index in [1.165, 1.54) is 11.1 Å². The van der Waals surface area contributed by atoms with Gasteiger partial charge in [0, 0.05) is 18.0 Å². The summed E-state index contributed by atoms with van der Waals surface area (Å²) in [5.41, 5.74) is 3.54. The van der Waals surface area contributed by atoms with Crippen molar-refractivity contribution in [2.45, 2.75) is 6.42 Å². The Balaban J connectivity index is 1.83. The Hall–Kier alpha value is -2.68. The Morgan fingerprint density at radius 1 is 0.857 bits per heavy atom. The number of benzene rings is 2. The van der Waals surface area contributed by atoms with Gasteiger partial charge in [0.15, 0.2) is 5.82 Å². The second kappa shape index (κ2) is 6.18. The predicted octanol–water partition coefficient (Wildman–Crippen LogP) is 3.74. The summed E-state index contributed by atoms with van der Waals surface area (Å²) in [6.45, 7) is 0. The lowest BCUT2D eigenvalue weighted by atomic mass is 10.0. The molecule has 0 atom stereocenters. The molecule has 0 aliphatic carbocycles. The van der Waals surface area contributed by atoms with Crippen LogP contribution in [0.2, 0.25) is 0 Å². The molecule has 0 saturated heterocycles. The zero-order valence-electron chi connectivity index (χ0n) is 11.9. The van der Waals surface area contributed by atoms with Crippen molar-refractivity contribution in [3.8, 4) is 17.1 Å². The van der Waals surface area contributed by atoms with Crippen molar-refractivity contribution < 1.29 is 4.74 Å². The van der Waals surface area contributed by atoms with Crippen molar-refractivity contribution in [3.63, 3.8) is 0 Å². The zero-order chi connectivity index (χ0) is 14.5. The summed E-state index contributed by atoms with van der Waals surface area (Å²) in [6, 6.07) is 18.3. The molecule has 0 radical (unpaired) electrons. The van der Waals surface area contributed by atoms with Crippen LogP contribution >= 0.6 is 0 Å². The third-order valence-corrected chi connectivity index (χ3v) is 3.32. The van der Waals surface area contributed by atoms with Gasteiger partial charge >= 0.3 is 0 Å². The van der Waals surface area contributed by atoms with E-state index in [-0.39, 0.29) is 0 Å². The maximum atomic E-state index is 5.18. The van der Waals surface area contributed by atoms with Crippen LogP contribution in [-0.2, 0) is 6.42 Å². The highest BCUT2D eigenvalue weighted by Crippen LogP contribution is 2.19. The van der Waals surface area contributed by atoms with Crippen molar-refractivity contribution >= 4 is 0 Å². The molecule has 3 aromatic rings. The third-order valence-electron chi connectivity index (χ3n) is 3.32. The van der Waals surface area contributed by atoms with E-state index in [4.69, 9.17) is 4.74 Å². The molecule has 3 rings (SSSR count). The molecule has 104 valence electrons. The first-order chi connectivity index (χ1) is 10.3. The summed E-state index contributed by atoms with van der Waals surface area (Å²) >= 11 is 0. The molecular formula is C18H16N2O. The largest absolute Gasteiger partial charge is 0.497 e. The zero-order valence-corrected chi connectivity index (χ0v) is 11.9. The van der Waals surface area contributed by atoms with Gasteiger partial charge in [-0.1, -0.05) is 30.3 Å². The summed E-state index contributed by atoms with van der Waals surface area (Å²) < 4.78 is 5.18. The van der Waals surface area contributed by atoms with Gasteiger partial charge in [-0.3, -0.25) is 0 Å². The molecule has 0 aliphatic rings. The van der Waals surface area contributed by atoms with Crippen LogP contribution in [0.25, 0.3) is 11.4 Å². The number of hydrogen-bond acceptors (Lipinski definition) is 3. The van der Waals surface area contributed by atoms with Gasteiger partial charge in [0.1, 0.15) is 5.75 Å². The van der Waals surface area contributed by atoms with Gasteiger partial charge in [-0.2, -0.15) is 0 Å². The van der Waals surface area contributed by atoms with Crippen LogP contribution in [0.5, 0.6) is 5.75 Å². The number of methoxy groups -OCH3 is 1. The number of nitrogens with zero attached hydrogens (tertiary/aromatic N) is 2. The molecule has 0 N–H and O–H groups in total. The van der Waals surface area contributed by atoms with E-state index in [0.717, 1.165) is 23.6 Å². The van der Waals surface area contributed by atoms with Crippen LogP contribution < -0.4 is 4.74 Å². The summed E-state index contributed by atoms with van der Waals surface area (Å²) in [7, 11) is 1.68. The smallest absolute Gasteiger partial charge is 0.159 e. The van der Waals surface area contributed by atoms with Gasteiger partial charge in [0.25, 0.3) is 0 Å². The maximum absolute atomic E-state index is 5.18. The first kappa shape index (κ1) is 13.3. The summed E-state index contributed by atoms with van der Waals surface area (Å²) in [5, 5.41) is 0. The van der Waals surface area contributed by atoms with Gasteiger partial charge in [0.2, 0.25) is 0 Å². The molecule has 0 unspecified atom stereocenters. The molecule has 0 amide bonds. The molecule has 2 aromatic carbocycles. The maximum Gasteiger partial charge on any atom is 0.159 e. The highest BCUT2D eigenvalue weighted by atomic mass is 16.5. The highest BCUT2D eigenvalue weighted by molar-refractivity contribution is 5.56. The van der Waals surface area contributed by atoms with E-state index in [9.17, 15) is 0 Å². The van der Waals surface area contributed by atoms with E-state index >= 15 is 0 Å². The van der Waals surface area contributed by atoms with Crippen molar-refractivity contribution in [3.05, 3.63) is 78.1 Å². The van der Waals surface area contributed by atoms with E-state index in [0.29, 0.717) is 0 Å². The quantitative estimate of drug-likeness (QED) is 0.728. The van der Waals surface area contributed by atoms with Gasteiger partial charge in [-0.25, -0.2) is 9.97 Å². The Labute approximate surface area is 124 Å². The molecular weight excluding hydrogens is 260 g/mol. The highest BCUT2D eigenvalue weighted by Gasteiger charge is 2.02. The van der Waals surface area contributed by atoms with Crippen LogP contribution in [0.3, 0.4) is 0 Å². The molecule has 0 fully saturated rings. The Morgan fingerprint density at radius 2 is 1.62 bits per heavy atom. The molecule has 21 heavy (non-hydrogen) atoms. The normalized spacial score (nSPS) is 10.3. The second-order valence-electron chi connectivity index (χ2n) is 4.80. The van der Waals surface area contributed by atoms with Gasteiger partial charge < -0.3 is 4.74 Å². The average molecular weight is 276 g/mol. The van der Waals surface area contributed by atoms with Crippen LogP contribution in [0.15, 0.2) is 67.0 Å². The van der Waals surface area contributed by atoms with Gasteiger partial charge in [0.05, 0.1) is 7.11 Å². The minimum Gasteiger partial charge on any atom is -0.497 e. The van der Waals surface area contributed by atoms with E-state index in [1.54, 1.807) is 19.5 Å². The summed E-state index contributed by atoms with van der Waals surface area (Å²) in [5.74, 6) is 1.64. The summed E-state index contributed by atoms with van der Waals surface area (Å²) in [4.78, 5) is 8.58. The SMILES string of the molecule is COc1ccc(Cc2cccc(-c3ncccn3)c2)cc1. The predicted molar refractivity (Wildman–Crippen MR) is 83.3 cm³/mol. The lowest BCUT2D eigenvalue weighted by Gasteiger charge is -2.06. The Kier molecular flexibility index (Phi) is 3.92. The molecule has 0 bridgehead atoms. The van der Waals surface area contributed by atoms with Crippen LogP contribution in [0.1, 0.15) is 11.1 Å². The molecule has 3 heteroatoms. The van der Waals surface area contributed by atoms with Crippen LogP contribution in [-0.4, -0.2) is 17.1 Å².